The summed E-state index contributed by atoms with van der Waals surface area (Å²) in [4.78, 5) is 10.8. The fourth-order valence-electron chi connectivity index (χ4n) is 4.39. The fourth-order valence-corrected chi connectivity index (χ4v) is 6.24. The van der Waals surface area contributed by atoms with E-state index in [0.717, 1.165) is 37.2 Å². The molecular formula is C22H32N4O2S. The second kappa shape index (κ2) is 8.96. The van der Waals surface area contributed by atoms with Crippen LogP contribution in [0.3, 0.4) is 0 Å². The Morgan fingerprint density at radius 1 is 1.07 bits per heavy atom. The summed E-state index contributed by atoms with van der Waals surface area (Å²) in [6.07, 6.45) is 13.7. The summed E-state index contributed by atoms with van der Waals surface area (Å²) in [6, 6.07) is 4.01. The molecule has 6 nitrogen and oxygen atoms in total. The first-order valence-corrected chi connectivity index (χ1v) is 12.5. The van der Waals surface area contributed by atoms with Crippen LogP contribution in [-0.2, 0) is 29.5 Å². The zero-order chi connectivity index (χ0) is 20.3. The molecule has 0 aliphatic heterocycles. The Kier molecular flexibility index (Phi) is 6.35. The van der Waals surface area contributed by atoms with Crippen molar-refractivity contribution in [2.75, 3.05) is 12.8 Å². The number of aromatic nitrogens is 3. The van der Waals surface area contributed by atoms with E-state index in [0.29, 0.717) is 23.5 Å². The molecule has 7 heteroatoms. The van der Waals surface area contributed by atoms with Crippen LogP contribution in [0.2, 0.25) is 0 Å². The minimum Gasteiger partial charge on any atom is -0.317 e. The molecular weight excluding hydrogens is 384 g/mol. The van der Waals surface area contributed by atoms with Crippen molar-refractivity contribution in [3.05, 3.63) is 42.0 Å². The lowest BCUT2D eigenvalue weighted by atomic mass is 9.89. The molecule has 2 saturated carbocycles. The first-order chi connectivity index (χ1) is 14.0. The van der Waals surface area contributed by atoms with Crippen LogP contribution >= 0.6 is 0 Å². The van der Waals surface area contributed by atoms with Crippen LogP contribution in [0, 0.1) is 11.8 Å². The van der Waals surface area contributed by atoms with Gasteiger partial charge >= 0.3 is 0 Å². The molecule has 0 spiro atoms. The summed E-state index contributed by atoms with van der Waals surface area (Å²) in [7, 11) is -1.27. The van der Waals surface area contributed by atoms with E-state index in [4.69, 9.17) is 0 Å². The molecule has 0 amide bonds. The van der Waals surface area contributed by atoms with Gasteiger partial charge in [-0.1, -0.05) is 25.3 Å². The third-order valence-electron chi connectivity index (χ3n) is 6.10. The van der Waals surface area contributed by atoms with Gasteiger partial charge < -0.3 is 4.57 Å². The molecule has 29 heavy (non-hydrogen) atoms. The minimum atomic E-state index is -3.33. The first-order valence-electron chi connectivity index (χ1n) is 10.9. The summed E-state index contributed by atoms with van der Waals surface area (Å²) < 4.78 is 28.1. The smallest absolute Gasteiger partial charge is 0.227 e. The van der Waals surface area contributed by atoms with Gasteiger partial charge in [0.05, 0.1) is 17.6 Å². The second-order valence-corrected chi connectivity index (χ2v) is 10.8. The molecule has 2 aromatic heterocycles. The number of imidazole rings is 1. The molecule has 2 heterocycles. The van der Waals surface area contributed by atoms with E-state index in [-0.39, 0.29) is 5.75 Å². The number of rotatable bonds is 9. The van der Waals surface area contributed by atoms with Gasteiger partial charge in [0.25, 0.3) is 0 Å². The summed E-state index contributed by atoms with van der Waals surface area (Å²) in [5, 5.41) is 0.291. The van der Waals surface area contributed by atoms with Crippen LogP contribution in [0.5, 0.6) is 0 Å². The Bertz CT molecular complexity index is 900. The van der Waals surface area contributed by atoms with E-state index >= 15 is 0 Å². The highest BCUT2D eigenvalue weighted by Crippen LogP contribution is 2.33. The normalized spacial score (nSPS) is 18.4. The zero-order valence-electron chi connectivity index (χ0n) is 17.3. The van der Waals surface area contributed by atoms with E-state index in [1.54, 1.807) is 12.4 Å². The van der Waals surface area contributed by atoms with Crippen molar-refractivity contribution >= 4 is 9.84 Å². The standard InChI is InChI=1S/C22H32N4O2S/c1-25(14-20-8-5-11-23-12-20)16-21-13-24-22(29(27,28)17-19-9-10-19)26(21)15-18-6-3-2-4-7-18/h5,8,11-13,18-19H,2-4,6-7,9-10,14-17H2,1H3. The van der Waals surface area contributed by atoms with Crippen LogP contribution < -0.4 is 0 Å². The van der Waals surface area contributed by atoms with Gasteiger partial charge in [-0.2, -0.15) is 0 Å². The molecule has 0 radical (unpaired) electrons. The van der Waals surface area contributed by atoms with Gasteiger partial charge in [-0.3, -0.25) is 9.88 Å². The van der Waals surface area contributed by atoms with Gasteiger partial charge in [0.2, 0.25) is 15.0 Å². The van der Waals surface area contributed by atoms with E-state index in [9.17, 15) is 8.42 Å². The number of hydrogen-bond acceptors (Lipinski definition) is 5. The second-order valence-electron chi connectivity index (χ2n) is 8.91. The highest BCUT2D eigenvalue weighted by atomic mass is 32.2. The van der Waals surface area contributed by atoms with Crippen molar-refractivity contribution in [1.82, 2.24) is 19.4 Å². The summed E-state index contributed by atoms with van der Waals surface area (Å²) in [6.45, 7) is 2.22. The van der Waals surface area contributed by atoms with Crippen molar-refractivity contribution in [3.63, 3.8) is 0 Å². The summed E-state index contributed by atoms with van der Waals surface area (Å²) >= 11 is 0. The lowest BCUT2D eigenvalue weighted by molar-refractivity contribution is 0.282. The molecule has 0 atom stereocenters. The van der Waals surface area contributed by atoms with Crippen molar-refractivity contribution < 1.29 is 8.42 Å². The Morgan fingerprint density at radius 3 is 2.55 bits per heavy atom. The maximum absolute atomic E-state index is 13.0. The van der Waals surface area contributed by atoms with E-state index < -0.39 is 9.84 Å². The van der Waals surface area contributed by atoms with Crippen LogP contribution in [-0.4, -0.2) is 40.7 Å². The van der Waals surface area contributed by atoms with Gasteiger partial charge in [-0.25, -0.2) is 13.4 Å². The fraction of sp³-hybridized carbons (Fsp3) is 0.636. The van der Waals surface area contributed by atoms with Crippen molar-refractivity contribution in [2.45, 2.75) is 69.7 Å². The van der Waals surface area contributed by atoms with Crippen LogP contribution in [0.25, 0.3) is 0 Å². The van der Waals surface area contributed by atoms with Gasteiger partial charge in [0, 0.05) is 32.0 Å². The molecule has 2 fully saturated rings. The van der Waals surface area contributed by atoms with Crippen LogP contribution in [0.1, 0.15) is 56.2 Å². The summed E-state index contributed by atoms with van der Waals surface area (Å²) in [5.74, 6) is 1.13. The quantitative estimate of drug-likeness (QED) is 0.624. The largest absolute Gasteiger partial charge is 0.317 e. The maximum Gasteiger partial charge on any atom is 0.227 e. The topological polar surface area (TPSA) is 68.1 Å². The van der Waals surface area contributed by atoms with Gasteiger partial charge in [-0.15, -0.1) is 0 Å². The Balaban J connectivity index is 1.54. The van der Waals surface area contributed by atoms with Crippen molar-refractivity contribution in [2.24, 2.45) is 11.8 Å². The number of pyridine rings is 1. The SMILES string of the molecule is CN(Cc1cccnc1)Cc1cnc(S(=O)(=O)CC2CC2)n1CC1CCCCC1. The molecule has 0 unspecified atom stereocenters. The number of sulfone groups is 1. The van der Waals surface area contributed by atoms with Crippen molar-refractivity contribution in [3.8, 4) is 0 Å². The zero-order valence-corrected chi connectivity index (χ0v) is 18.1. The minimum absolute atomic E-state index is 0.250. The predicted molar refractivity (Wildman–Crippen MR) is 113 cm³/mol. The molecule has 0 saturated heterocycles. The molecule has 0 bridgehead atoms. The predicted octanol–water partition coefficient (Wildman–Crippen LogP) is 3.67. The van der Waals surface area contributed by atoms with E-state index in [1.165, 1.54) is 32.1 Å². The van der Waals surface area contributed by atoms with Gasteiger partial charge in [-0.05, 0) is 56.2 Å². The maximum atomic E-state index is 13.0. The third-order valence-corrected chi connectivity index (χ3v) is 7.90. The van der Waals surface area contributed by atoms with Gasteiger partial charge in [0.15, 0.2) is 0 Å². The molecule has 158 valence electrons. The Hall–Kier alpha value is -1.73. The average Bonchev–Trinajstić information content (AvgIpc) is 3.42. The number of hydrogen-bond donors (Lipinski definition) is 0. The lowest BCUT2D eigenvalue weighted by Crippen LogP contribution is -2.24. The lowest BCUT2D eigenvalue weighted by Gasteiger charge is -2.25. The van der Waals surface area contributed by atoms with Crippen LogP contribution in [0.15, 0.2) is 35.9 Å². The monoisotopic (exact) mass is 416 g/mol. The summed E-state index contributed by atoms with van der Waals surface area (Å²) in [5.41, 5.74) is 2.14. The molecule has 2 aliphatic rings. The number of nitrogens with zero attached hydrogens (tertiary/aromatic N) is 4. The molecule has 2 aromatic rings. The van der Waals surface area contributed by atoms with Crippen molar-refractivity contribution in [1.29, 1.82) is 0 Å². The Labute approximate surface area is 174 Å². The molecule has 4 rings (SSSR count). The highest BCUT2D eigenvalue weighted by molar-refractivity contribution is 7.91. The third kappa shape index (κ3) is 5.45. The van der Waals surface area contributed by atoms with Crippen LogP contribution in [0.4, 0.5) is 0 Å². The van der Waals surface area contributed by atoms with E-state index in [1.807, 2.05) is 16.8 Å². The Morgan fingerprint density at radius 2 is 1.86 bits per heavy atom. The average molecular weight is 417 g/mol. The highest BCUT2D eigenvalue weighted by Gasteiger charge is 2.33. The van der Waals surface area contributed by atoms with Gasteiger partial charge in [0.1, 0.15) is 0 Å². The first kappa shape index (κ1) is 20.5. The molecule has 0 aromatic carbocycles. The molecule has 0 N–H and O–H groups in total. The molecule has 2 aliphatic carbocycles. The van der Waals surface area contributed by atoms with E-state index in [2.05, 4.69) is 28.0 Å².